The van der Waals surface area contributed by atoms with Gasteiger partial charge in [0.25, 0.3) is 0 Å². The van der Waals surface area contributed by atoms with Gasteiger partial charge in [-0.2, -0.15) is 0 Å². The summed E-state index contributed by atoms with van der Waals surface area (Å²) in [5, 5.41) is 3.51. The first-order chi connectivity index (χ1) is 17.8. The number of hydrogen-bond acceptors (Lipinski definition) is 4. The summed E-state index contributed by atoms with van der Waals surface area (Å²) in [6.07, 6.45) is 1.52. The maximum Gasteiger partial charge on any atom is 0.322 e. The van der Waals surface area contributed by atoms with Gasteiger partial charge in [-0.25, -0.2) is 9.18 Å². The van der Waals surface area contributed by atoms with E-state index in [4.69, 9.17) is 32.4 Å². The number of carbonyl (C=O) groups excluding carboxylic acids is 2. The number of rotatable bonds is 9. The second-order valence-corrected chi connectivity index (χ2v) is 9.80. The Bertz CT molecular complexity index is 1230. The predicted molar refractivity (Wildman–Crippen MR) is 140 cm³/mol. The van der Waals surface area contributed by atoms with Crippen LogP contribution in [-0.4, -0.2) is 47.5 Å². The molecule has 3 amide bonds. The number of carbonyl (C=O) groups is 2. The number of aryl methyl sites for hydroxylation is 1. The Labute approximate surface area is 225 Å². The summed E-state index contributed by atoms with van der Waals surface area (Å²) in [6, 6.07) is 13.9. The number of anilines is 1. The highest BCUT2D eigenvalue weighted by atomic mass is 35.5. The Hall–Kier alpha value is -3.07. The molecule has 0 spiro atoms. The van der Waals surface area contributed by atoms with E-state index in [0.29, 0.717) is 23.1 Å². The van der Waals surface area contributed by atoms with Crippen LogP contribution in [0.2, 0.25) is 10.0 Å². The van der Waals surface area contributed by atoms with Gasteiger partial charge in [-0.3, -0.25) is 4.79 Å². The lowest BCUT2D eigenvalue weighted by molar-refractivity contribution is -0.133. The van der Waals surface area contributed by atoms with Gasteiger partial charge in [0.15, 0.2) is 0 Å². The lowest BCUT2D eigenvalue weighted by Crippen LogP contribution is -2.46. The van der Waals surface area contributed by atoms with Crippen molar-refractivity contribution in [2.24, 2.45) is 0 Å². The maximum atomic E-state index is 13.6. The molecule has 1 fully saturated rings. The van der Waals surface area contributed by atoms with Crippen molar-refractivity contribution in [3.63, 3.8) is 0 Å². The number of urea groups is 1. The second-order valence-electron chi connectivity index (χ2n) is 8.96. The van der Waals surface area contributed by atoms with Crippen molar-refractivity contribution in [2.75, 3.05) is 25.0 Å². The highest BCUT2D eigenvalue weighted by Gasteiger charge is 2.27. The molecule has 2 heterocycles. The first-order valence-corrected chi connectivity index (χ1v) is 12.7. The molecule has 0 bridgehead atoms. The summed E-state index contributed by atoms with van der Waals surface area (Å²) in [5.41, 5.74) is 1.14. The van der Waals surface area contributed by atoms with Crippen LogP contribution in [0.15, 0.2) is 59.0 Å². The van der Waals surface area contributed by atoms with Crippen molar-refractivity contribution in [1.82, 2.24) is 9.80 Å². The molecule has 10 heteroatoms. The monoisotopic (exact) mass is 547 g/mol. The predicted octanol–water partition coefficient (Wildman–Crippen LogP) is 6.28. The third-order valence-electron chi connectivity index (χ3n) is 6.02. The molecule has 1 atom stereocenters. The van der Waals surface area contributed by atoms with Crippen LogP contribution >= 0.6 is 23.2 Å². The van der Waals surface area contributed by atoms with E-state index in [1.54, 1.807) is 35.2 Å². The molecule has 0 saturated carbocycles. The molecule has 1 unspecified atom stereocenters. The van der Waals surface area contributed by atoms with Crippen molar-refractivity contribution in [3.05, 3.63) is 87.5 Å². The molecule has 3 aromatic rings. The molecule has 37 heavy (non-hydrogen) atoms. The number of halogens is 3. The molecule has 0 radical (unpaired) electrons. The number of benzene rings is 2. The zero-order valence-electron chi connectivity index (χ0n) is 20.4. The molecular weight excluding hydrogens is 520 g/mol. The van der Waals surface area contributed by atoms with E-state index in [2.05, 4.69) is 5.32 Å². The van der Waals surface area contributed by atoms with Gasteiger partial charge in [-0.05, 0) is 67.8 Å². The molecule has 0 aliphatic carbocycles. The van der Waals surface area contributed by atoms with Gasteiger partial charge in [-0.15, -0.1) is 0 Å². The molecular formula is C27H28Cl2FN3O4. The fourth-order valence-electron chi connectivity index (χ4n) is 4.10. The smallest absolute Gasteiger partial charge is 0.322 e. The van der Waals surface area contributed by atoms with Crippen LogP contribution in [0.3, 0.4) is 0 Å². The molecule has 196 valence electrons. The van der Waals surface area contributed by atoms with E-state index in [0.717, 1.165) is 24.2 Å². The summed E-state index contributed by atoms with van der Waals surface area (Å²) >= 11 is 12.2. The summed E-state index contributed by atoms with van der Waals surface area (Å²) in [6.45, 7) is 2.90. The minimum absolute atomic E-state index is 0.169. The first-order valence-electron chi connectivity index (χ1n) is 12.0. The number of hydrogen-bond donors (Lipinski definition) is 1. The molecule has 1 aromatic heterocycles. The van der Waals surface area contributed by atoms with Gasteiger partial charge in [0.2, 0.25) is 5.91 Å². The van der Waals surface area contributed by atoms with E-state index in [-0.39, 0.29) is 49.0 Å². The van der Waals surface area contributed by atoms with Gasteiger partial charge in [-0.1, -0.05) is 35.3 Å². The Morgan fingerprint density at radius 2 is 1.84 bits per heavy atom. The zero-order valence-corrected chi connectivity index (χ0v) is 21.9. The van der Waals surface area contributed by atoms with Crippen molar-refractivity contribution in [3.8, 4) is 0 Å². The number of nitrogens with zero attached hydrogens (tertiary/aromatic N) is 2. The topological polar surface area (TPSA) is 75.0 Å². The number of amides is 3. The largest absolute Gasteiger partial charge is 0.464 e. The van der Waals surface area contributed by atoms with E-state index >= 15 is 0 Å². The van der Waals surface area contributed by atoms with Gasteiger partial charge in [0, 0.05) is 24.7 Å². The summed E-state index contributed by atoms with van der Waals surface area (Å²) < 4.78 is 24.9. The number of nitrogens with one attached hydrogen (secondary N) is 1. The van der Waals surface area contributed by atoms with Crippen LogP contribution < -0.4 is 5.32 Å². The van der Waals surface area contributed by atoms with Gasteiger partial charge in [0.1, 0.15) is 23.9 Å². The molecule has 1 N–H and O–H groups in total. The van der Waals surface area contributed by atoms with Crippen molar-refractivity contribution in [1.29, 1.82) is 0 Å². The molecule has 4 rings (SSSR count). The van der Waals surface area contributed by atoms with Gasteiger partial charge >= 0.3 is 6.03 Å². The van der Waals surface area contributed by atoms with Gasteiger partial charge in [0.05, 0.1) is 23.4 Å². The first kappa shape index (κ1) is 27.0. The fraction of sp³-hybridized carbons (Fsp3) is 0.333. The molecule has 2 aromatic carbocycles. The quantitative estimate of drug-likeness (QED) is 0.342. The minimum Gasteiger partial charge on any atom is -0.464 e. The minimum atomic E-state index is -0.483. The normalized spacial score (nSPS) is 15.0. The van der Waals surface area contributed by atoms with Crippen LogP contribution in [0.1, 0.15) is 29.9 Å². The molecule has 7 nitrogen and oxygen atoms in total. The van der Waals surface area contributed by atoms with Crippen molar-refractivity contribution < 1.29 is 23.1 Å². The highest BCUT2D eigenvalue weighted by Crippen LogP contribution is 2.26. The van der Waals surface area contributed by atoms with E-state index in [1.807, 2.05) is 13.0 Å². The van der Waals surface area contributed by atoms with Crippen LogP contribution in [0.25, 0.3) is 0 Å². The zero-order chi connectivity index (χ0) is 26.4. The summed E-state index contributed by atoms with van der Waals surface area (Å²) in [7, 11) is 0. The Morgan fingerprint density at radius 1 is 1.05 bits per heavy atom. The van der Waals surface area contributed by atoms with Crippen LogP contribution in [0.4, 0.5) is 14.9 Å². The molecule has 1 aliphatic heterocycles. The molecule has 1 aliphatic rings. The Balaban J connectivity index is 1.53. The van der Waals surface area contributed by atoms with Crippen molar-refractivity contribution >= 4 is 40.8 Å². The third-order valence-corrected chi connectivity index (χ3v) is 6.56. The average molecular weight is 548 g/mol. The SMILES string of the molecule is Cc1ccc(CN(Cc2ccc(F)cc2)C(=O)CN(CC2CCCO2)C(=O)Nc2ccc(Cl)cc2Cl)o1. The average Bonchev–Trinajstić information content (AvgIpc) is 3.52. The Kier molecular flexibility index (Phi) is 9.08. The maximum absolute atomic E-state index is 13.6. The number of ether oxygens (including phenoxy) is 1. The molecule has 1 saturated heterocycles. The standard InChI is InChI=1S/C27H28Cl2FN3O4/c1-18-4-10-23(37-18)16-32(14-19-5-8-21(30)9-6-19)26(34)17-33(15-22-3-2-12-36-22)27(35)31-25-11-7-20(28)13-24(25)29/h4-11,13,22H,2-3,12,14-17H2,1H3,(H,31,35). The summed E-state index contributed by atoms with van der Waals surface area (Å²) in [4.78, 5) is 29.9. The van der Waals surface area contributed by atoms with Crippen LogP contribution in [0.5, 0.6) is 0 Å². The van der Waals surface area contributed by atoms with E-state index in [9.17, 15) is 14.0 Å². The third kappa shape index (κ3) is 7.71. The lowest BCUT2D eigenvalue weighted by Gasteiger charge is -2.29. The van der Waals surface area contributed by atoms with E-state index in [1.165, 1.54) is 23.1 Å². The second kappa shape index (κ2) is 12.4. The summed E-state index contributed by atoms with van der Waals surface area (Å²) in [5.74, 6) is 0.678. The Morgan fingerprint density at radius 3 is 2.49 bits per heavy atom. The van der Waals surface area contributed by atoms with Crippen LogP contribution in [-0.2, 0) is 22.6 Å². The van der Waals surface area contributed by atoms with E-state index < -0.39 is 6.03 Å². The van der Waals surface area contributed by atoms with Crippen LogP contribution in [0, 0.1) is 12.7 Å². The lowest BCUT2D eigenvalue weighted by atomic mass is 10.2. The van der Waals surface area contributed by atoms with Crippen molar-refractivity contribution in [2.45, 2.75) is 39.0 Å². The van der Waals surface area contributed by atoms with Gasteiger partial charge < -0.3 is 24.3 Å². The highest BCUT2D eigenvalue weighted by molar-refractivity contribution is 6.36. The number of furan rings is 1. The fourth-order valence-corrected chi connectivity index (χ4v) is 4.56.